The molecule has 1 aromatic heterocycles. The van der Waals surface area contributed by atoms with Crippen LogP contribution in [0, 0.1) is 0 Å². The molecule has 0 aromatic carbocycles. The summed E-state index contributed by atoms with van der Waals surface area (Å²) in [7, 11) is 0. The van der Waals surface area contributed by atoms with Crippen molar-refractivity contribution in [1.82, 2.24) is 9.88 Å². The second kappa shape index (κ2) is 7.19. The van der Waals surface area contributed by atoms with Crippen molar-refractivity contribution in [2.75, 3.05) is 18.5 Å². The zero-order valence-electron chi connectivity index (χ0n) is 10.2. The van der Waals surface area contributed by atoms with E-state index < -0.39 is 0 Å². The summed E-state index contributed by atoms with van der Waals surface area (Å²) in [6, 6.07) is 4.03. The Morgan fingerprint density at radius 3 is 2.88 bits per heavy atom. The van der Waals surface area contributed by atoms with Gasteiger partial charge < -0.3 is 5.43 Å². The number of nitrogens with one attached hydrogen (secondary N) is 1. The third-order valence-electron chi connectivity index (χ3n) is 2.65. The van der Waals surface area contributed by atoms with Crippen LogP contribution in [0.5, 0.6) is 0 Å². The summed E-state index contributed by atoms with van der Waals surface area (Å²) in [4.78, 5) is 6.53. The van der Waals surface area contributed by atoms with Crippen molar-refractivity contribution in [2.24, 2.45) is 5.84 Å². The van der Waals surface area contributed by atoms with Gasteiger partial charge in [0, 0.05) is 12.7 Å². The molecule has 0 bridgehead atoms. The van der Waals surface area contributed by atoms with Gasteiger partial charge in [0.2, 0.25) is 0 Å². The Kier molecular flexibility index (Phi) is 5.82. The molecule has 1 rings (SSSR count). The number of rotatable bonds is 7. The number of nitrogens with two attached hydrogens (primary N) is 1. The highest BCUT2D eigenvalue weighted by Gasteiger charge is 2.03. The lowest BCUT2D eigenvalue weighted by atomic mass is 10.2. The minimum atomic E-state index is 0.726. The Hall–Kier alpha value is -1.13. The van der Waals surface area contributed by atoms with Gasteiger partial charge in [0.15, 0.2) is 0 Å². The van der Waals surface area contributed by atoms with Crippen molar-refractivity contribution in [3.05, 3.63) is 23.9 Å². The fourth-order valence-electron chi connectivity index (χ4n) is 1.64. The van der Waals surface area contributed by atoms with Crippen molar-refractivity contribution in [1.29, 1.82) is 0 Å². The molecule has 0 unspecified atom stereocenters. The predicted octanol–water partition coefficient (Wildman–Crippen LogP) is 1.99. The Morgan fingerprint density at radius 2 is 2.25 bits per heavy atom. The van der Waals surface area contributed by atoms with Gasteiger partial charge in [-0.1, -0.05) is 20.3 Å². The molecule has 3 N–H and O–H groups in total. The van der Waals surface area contributed by atoms with Crippen LogP contribution in [0.25, 0.3) is 0 Å². The summed E-state index contributed by atoms with van der Waals surface area (Å²) < 4.78 is 0. The third-order valence-corrected chi connectivity index (χ3v) is 2.65. The third kappa shape index (κ3) is 4.16. The number of hydrogen-bond acceptors (Lipinski definition) is 4. The molecule has 4 heteroatoms. The van der Waals surface area contributed by atoms with E-state index in [1.54, 1.807) is 6.20 Å². The second-order valence-corrected chi connectivity index (χ2v) is 3.92. The molecule has 0 spiro atoms. The molecule has 0 aliphatic heterocycles. The summed E-state index contributed by atoms with van der Waals surface area (Å²) in [6.45, 7) is 7.61. The molecule has 0 aliphatic rings. The molecule has 1 heterocycles. The zero-order chi connectivity index (χ0) is 11.8. The molecule has 0 fully saturated rings. The molecule has 0 aliphatic carbocycles. The van der Waals surface area contributed by atoms with Gasteiger partial charge in [-0.15, -0.1) is 0 Å². The van der Waals surface area contributed by atoms with Gasteiger partial charge >= 0.3 is 0 Å². The van der Waals surface area contributed by atoms with E-state index in [0.717, 1.165) is 25.5 Å². The number of hydrazine groups is 1. The highest BCUT2D eigenvalue weighted by Crippen LogP contribution is 2.09. The molecule has 0 saturated heterocycles. The van der Waals surface area contributed by atoms with E-state index in [9.17, 15) is 0 Å². The summed E-state index contributed by atoms with van der Waals surface area (Å²) in [5.41, 5.74) is 3.82. The Balaban J connectivity index is 2.55. The first-order chi connectivity index (χ1) is 7.80. The molecule has 16 heavy (non-hydrogen) atoms. The first kappa shape index (κ1) is 12.9. The molecule has 0 radical (unpaired) electrons. The first-order valence-corrected chi connectivity index (χ1v) is 5.94. The van der Waals surface area contributed by atoms with E-state index in [-0.39, 0.29) is 0 Å². The van der Waals surface area contributed by atoms with Gasteiger partial charge in [0.05, 0.1) is 0 Å². The van der Waals surface area contributed by atoms with Gasteiger partial charge in [-0.25, -0.2) is 10.8 Å². The maximum absolute atomic E-state index is 5.34. The van der Waals surface area contributed by atoms with E-state index >= 15 is 0 Å². The average molecular weight is 222 g/mol. The van der Waals surface area contributed by atoms with Gasteiger partial charge in [-0.3, -0.25) is 4.90 Å². The summed E-state index contributed by atoms with van der Waals surface area (Å²) in [5, 5.41) is 0. The monoisotopic (exact) mass is 222 g/mol. The number of nitrogen functional groups attached to an aromatic ring is 1. The normalized spacial score (nSPS) is 10.8. The maximum atomic E-state index is 5.34. The lowest BCUT2D eigenvalue weighted by Gasteiger charge is -2.20. The number of hydrogen-bond donors (Lipinski definition) is 2. The summed E-state index contributed by atoms with van der Waals surface area (Å²) >= 11 is 0. The fraction of sp³-hybridized carbons (Fsp3) is 0.583. The number of anilines is 1. The fourth-order valence-corrected chi connectivity index (χ4v) is 1.64. The van der Waals surface area contributed by atoms with Crippen molar-refractivity contribution >= 4 is 5.82 Å². The molecule has 0 saturated carbocycles. The van der Waals surface area contributed by atoms with Crippen LogP contribution in [-0.4, -0.2) is 23.0 Å². The number of aromatic nitrogens is 1. The van der Waals surface area contributed by atoms with Gasteiger partial charge in [0.25, 0.3) is 0 Å². The van der Waals surface area contributed by atoms with Crippen LogP contribution >= 0.6 is 0 Å². The van der Waals surface area contributed by atoms with E-state index in [4.69, 9.17) is 5.84 Å². The minimum Gasteiger partial charge on any atom is -0.308 e. The maximum Gasteiger partial charge on any atom is 0.140 e. The Morgan fingerprint density at radius 1 is 1.44 bits per heavy atom. The topological polar surface area (TPSA) is 54.2 Å². The van der Waals surface area contributed by atoms with E-state index in [1.807, 2.05) is 12.1 Å². The van der Waals surface area contributed by atoms with Crippen LogP contribution in [0.15, 0.2) is 18.3 Å². The largest absolute Gasteiger partial charge is 0.308 e. The molecular formula is C12H22N4. The van der Waals surface area contributed by atoms with Crippen LogP contribution < -0.4 is 11.3 Å². The first-order valence-electron chi connectivity index (χ1n) is 5.94. The van der Waals surface area contributed by atoms with Crippen LogP contribution in [0.4, 0.5) is 5.82 Å². The van der Waals surface area contributed by atoms with Crippen LogP contribution in [0.2, 0.25) is 0 Å². The van der Waals surface area contributed by atoms with Crippen LogP contribution in [0.3, 0.4) is 0 Å². The predicted molar refractivity (Wildman–Crippen MR) is 67.9 cm³/mol. The van der Waals surface area contributed by atoms with Crippen LogP contribution in [0.1, 0.15) is 32.3 Å². The van der Waals surface area contributed by atoms with E-state index in [1.165, 1.54) is 18.4 Å². The van der Waals surface area contributed by atoms with Crippen molar-refractivity contribution < 1.29 is 0 Å². The number of unbranched alkanes of at least 4 members (excludes halogenated alkanes) is 1. The number of nitrogens with zero attached hydrogens (tertiary/aromatic N) is 2. The van der Waals surface area contributed by atoms with Gasteiger partial charge in [-0.05, 0) is 37.2 Å². The average Bonchev–Trinajstić information content (AvgIpc) is 2.34. The Labute approximate surface area is 97.8 Å². The van der Waals surface area contributed by atoms with E-state index in [0.29, 0.717) is 0 Å². The highest BCUT2D eigenvalue weighted by atomic mass is 15.2. The SMILES string of the molecule is CCCCN(CC)Cc1ccnc(NN)c1. The van der Waals surface area contributed by atoms with Crippen molar-refractivity contribution in [3.8, 4) is 0 Å². The summed E-state index contributed by atoms with van der Waals surface area (Å²) in [5.74, 6) is 6.06. The highest BCUT2D eigenvalue weighted by molar-refractivity contribution is 5.35. The molecule has 0 atom stereocenters. The molecular weight excluding hydrogens is 200 g/mol. The lowest BCUT2D eigenvalue weighted by molar-refractivity contribution is 0.275. The smallest absolute Gasteiger partial charge is 0.140 e. The minimum absolute atomic E-state index is 0.726. The molecule has 4 nitrogen and oxygen atoms in total. The zero-order valence-corrected chi connectivity index (χ0v) is 10.2. The van der Waals surface area contributed by atoms with Crippen molar-refractivity contribution in [2.45, 2.75) is 33.2 Å². The second-order valence-electron chi connectivity index (χ2n) is 3.92. The number of pyridine rings is 1. The lowest BCUT2D eigenvalue weighted by Crippen LogP contribution is -2.24. The quantitative estimate of drug-likeness (QED) is 0.547. The summed E-state index contributed by atoms with van der Waals surface area (Å²) in [6.07, 6.45) is 4.28. The molecule has 0 amide bonds. The van der Waals surface area contributed by atoms with Crippen molar-refractivity contribution in [3.63, 3.8) is 0 Å². The van der Waals surface area contributed by atoms with Gasteiger partial charge in [0.1, 0.15) is 5.82 Å². The van der Waals surface area contributed by atoms with E-state index in [2.05, 4.69) is 29.2 Å². The Bertz CT molecular complexity index is 301. The van der Waals surface area contributed by atoms with Gasteiger partial charge in [-0.2, -0.15) is 0 Å². The van der Waals surface area contributed by atoms with Crippen LogP contribution in [-0.2, 0) is 6.54 Å². The standard InChI is InChI=1S/C12H22N4/c1-3-5-8-16(4-2)10-11-6-7-14-12(9-11)15-13/h6-7,9H,3-5,8,10,13H2,1-2H3,(H,14,15). The molecule has 1 aromatic rings. The molecule has 90 valence electrons.